The van der Waals surface area contributed by atoms with Crippen molar-refractivity contribution >= 4 is 36.8 Å². The second-order valence-corrected chi connectivity index (χ2v) is 7.71. The van der Waals surface area contributed by atoms with E-state index in [4.69, 9.17) is 9.47 Å². The van der Waals surface area contributed by atoms with E-state index in [0.29, 0.717) is 19.9 Å². The number of benzene rings is 1. The molecule has 168 valence electrons. The number of ether oxygens (including phenoxy) is 2. The Hall–Kier alpha value is -3.46. The third kappa shape index (κ3) is 3.91. The third-order valence-electron chi connectivity index (χ3n) is 4.89. The standard InChI is InChI=1S/C20H22F2N7O2P/c1-28-10-12(8-25-28)27-18-11(7-24-20-13(18)9-26-29(20)32-4)6-23-19-16(21)14(30-2)5-15(31-3)17(19)22/h5,7-10,23,32H,6H2,1-4H3,(H,24,27). The molecule has 2 N–H and O–H groups in total. The Morgan fingerprint density at radius 1 is 1.03 bits per heavy atom. The van der Waals surface area contributed by atoms with E-state index in [-0.39, 0.29) is 23.7 Å². The predicted molar refractivity (Wildman–Crippen MR) is 120 cm³/mol. The largest absolute Gasteiger partial charge is 0.493 e. The van der Waals surface area contributed by atoms with Crippen LogP contribution in [0.1, 0.15) is 5.56 Å². The first-order valence-corrected chi connectivity index (χ1v) is 11.0. The molecule has 3 heterocycles. The fraction of sp³-hybridized carbons (Fsp3) is 0.250. The van der Waals surface area contributed by atoms with Gasteiger partial charge >= 0.3 is 0 Å². The summed E-state index contributed by atoms with van der Waals surface area (Å²) < 4.78 is 43.0. The number of halogens is 2. The molecule has 0 bridgehead atoms. The normalized spacial score (nSPS) is 11.4. The van der Waals surface area contributed by atoms with Gasteiger partial charge in [0.2, 0.25) is 0 Å². The van der Waals surface area contributed by atoms with Crippen LogP contribution in [0, 0.1) is 11.6 Å². The van der Waals surface area contributed by atoms with E-state index in [0.717, 1.165) is 16.8 Å². The molecule has 1 unspecified atom stereocenters. The molecule has 0 fully saturated rings. The van der Waals surface area contributed by atoms with Gasteiger partial charge in [0.25, 0.3) is 0 Å². The number of pyridine rings is 1. The van der Waals surface area contributed by atoms with Crippen molar-refractivity contribution in [2.45, 2.75) is 6.54 Å². The molecule has 9 nitrogen and oxygen atoms in total. The monoisotopic (exact) mass is 461 g/mol. The van der Waals surface area contributed by atoms with Crippen LogP contribution in [-0.4, -0.2) is 45.2 Å². The first-order chi connectivity index (χ1) is 15.5. The zero-order valence-electron chi connectivity index (χ0n) is 17.9. The summed E-state index contributed by atoms with van der Waals surface area (Å²) in [6, 6.07) is 1.17. The minimum Gasteiger partial charge on any atom is -0.493 e. The van der Waals surface area contributed by atoms with Gasteiger partial charge < -0.3 is 20.1 Å². The van der Waals surface area contributed by atoms with Crippen molar-refractivity contribution in [1.29, 1.82) is 0 Å². The molecule has 1 atom stereocenters. The van der Waals surface area contributed by atoms with Crippen LogP contribution in [-0.2, 0) is 13.6 Å². The molecule has 32 heavy (non-hydrogen) atoms. The van der Waals surface area contributed by atoms with Gasteiger partial charge in [0.05, 0.1) is 43.4 Å². The van der Waals surface area contributed by atoms with Crippen LogP contribution >= 0.6 is 8.73 Å². The first-order valence-electron chi connectivity index (χ1n) is 9.59. The molecular formula is C20H22F2N7O2P. The van der Waals surface area contributed by atoms with Gasteiger partial charge in [-0.15, -0.1) is 0 Å². The summed E-state index contributed by atoms with van der Waals surface area (Å²) in [5.74, 6) is -1.94. The number of hydrogen-bond acceptors (Lipinski definition) is 7. The van der Waals surface area contributed by atoms with Crippen LogP contribution in [0.5, 0.6) is 11.5 Å². The Bertz CT molecular complexity index is 1250. The molecule has 0 saturated carbocycles. The van der Waals surface area contributed by atoms with Crippen molar-refractivity contribution in [2.24, 2.45) is 7.05 Å². The maximum atomic E-state index is 14.8. The van der Waals surface area contributed by atoms with Crippen LogP contribution in [0.3, 0.4) is 0 Å². The minimum absolute atomic E-state index is 0.0787. The number of nitrogens with zero attached hydrogens (tertiary/aromatic N) is 5. The Balaban J connectivity index is 1.74. The highest BCUT2D eigenvalue weighted by Gasteiger charge is 2.21. The molecule has 0 spiro atoms. The number of fused-ring (bicyclic) bond motifs is 1. The van der Waals surface area contributed by atoms with Crippen molar-refractivity contribution in [3.05, 3.63) is 48.1 Å². The van der Waals surface area contributed by atoms with Crippen LogP contribution in [0.4, 0.5) is 25.8 Å². The van der Waals surface area contributed by atoms with Crippen molar-refractivity contribution in [3.63, 3.8) is 0 Å². The number of methoxy groups -OCH3 is 2. The molecule has 0 aliphatic heterocycles. The van der Waals surface area contributed by atoms with E-state index in [1.54, 1.807) is 27.7 Å². The molecule has 4 rings (SSSR count). The van der Waals surface area contributed by atoms with E-state index < -0.39 is 11.6 Å². The SMILES string of the molecule is COc1cc(OC)c(F)c(NCc2cnc3c(cnn3PC)c2Nc2cnn(C)c2)c1F. The lowest BCUT2D eigenvalue weighted by atomic mass is 10.1. The Morgan fingerprint density at radius 3 is 2.34 bits per heavy atom. The first kappa shape index (κ1) is 21.8. The highest BCUT2D eigenvalue weighted by atomic mass is 31.1. The van der Waals surface area contributed by atoms with E-state index in [1.807, 2.05) is 19.9 Å². The summed E-state index contributed by atoms with van der Waals surface area (Å²) in [4.78, 5) is 4.51. The van der Waals surface area contributed by atoms with Gasteiger partial charge in [-0.2, -0.15) is 10.2 Å². The highest BCUT2D eigenvalue weighted by Crippen LogP contribution is 2.36. The fourth-order valence-corrected chi connectivity index (χ4v) is 3.88. The van der Waals surface area contributed by atoms with E-state index in [2.05, 4.69) is 25.8 Å². The van der Waals surface area contributed by atoms with Crippen LogP contribution < -0.4 is 20.1 Å². The van der Waals surface area contributed by atoms with Crippen LogP contribution in [0.2, 0.25) is 0 Å². The number of aryl methyl sites for hydroxylation is 1. The maximum absolute atomic E-state index is 14.8. The molecule has 0 aliphatic rings. The number of aromatic nitrogens is 5. The minimum atomic E-state index is -0.846. The van der Waals surface area contributed by atoms with Gasteiger partial charge in [0.15, 0.2) is 28.8 Å². The zero-order chi connectivity index (χ0) is 22.8. The average molecular weight is 461 g/mol. The van der Waals surface area contributed by atoms with E-state index in [1.165, 1.54) is 20.3 Å². The summed E-state index contributed by atoms with van der Waals surface area (Å²) in [5, 5.41) is 15.5. The molecule has 0 saturated heterocycles. The molecule has 0 amide bonds. The van der Waals surface area contributed by atoms with E-state index >= 15 is 0 Å². The molecule has 0 radical (unpaired) electrons. The van der Waals surface area contributed by atoms with Crippen molar-refractivity contribution in [2.75, 3.05) is 31.5 Å². The average Bonchev–Trinajstić information content (AvgIpc) is 3.40. The molecule has 4 aromatic rings. The Morgan fingerprint density at radius 2 is 1.75 bits per heavy atom. The molecule has 12 heteroatoms. The Kier molecular flexibility index (Phi) is 6.09. The maximum Gasteiger partial charge on any atom is 0.191 e. The number of rotatable bonds is 8. The molecular weight excluding hydrogens is 439 g/mol. The zero-order valence-corrected chi connectivity index (χ0v) is 18.9. The third-order valence-corrected chi connectivity index (χ3v) is 5.64. The van der Waals surface area contributed by atoms with Crippen molar-refractivity contribution in [1.82, 2.24) is 24.3 Å². The van der Waals surface area contributed by atoms with Gasteiger partial charge in [-0.1, -0.05) is 0 Å². The number of nitrogens with one attached hydrogen (secondary N) is 2. The lowest BCUT2D eigenvalue weighted by Crippen LogP contribution is -2.09. The topological polar surface area (TPSA) is 91.1 Å². The number of anilines is 3. The van der Waals surface area contributed by atoms with Gasteiger partial charge in [0.1, 0.15) is 5.69 Å². The molecule has 1 aromatic carbocycles. The summed E-state index contributed by atoms with van der Waals surface area (Å²) in [6.45, 7) is 2.08. The highest BCUT2D eigenvalue weighted by molar-refractivity contribution is 7.35. The number of hydrogen-bond donors (Lipinski definition) is 2. The summed E-state index contributed by atoms with van der Waals surface area (Å²) in [6.07, 6.45) is 6.87. The van der Waals surface area contributed by atoms with Crippen molar-refractivity contribution in [3.8, 4) is 11.5 Å². The van der Waals surface area contributed by atoms with Gasteiger partial charge in [-0.25, -0.2) is 18.2 Å². The predicted octanol–water partition coefficient (Wildman–Crippen LogP) is 3.89. The lowest BCUT2D eigenvalue weighted by molar-refractivity contribution is 0.360. The summed E-state index contributed by atoms with van der Waals surface area (Å²) >= 11 is 0. The van der Waals surface area contributed by atoms with Gasteiger partial charge in [-0.3, -0.25) is 4.68 Å². The fourth-order valence-electron chi connectivity index (χ4n) is 3.32. The van der Waals surface area contributed by atoms with Crippen LogP contribution in [0.15, 0.2) is 30.9 Å². The smallest absolute Gasteiger partial charge is 0.191 e. The second kappa shape index (κ2) is 8.96. The summed E-state index contributed by atoms with van der Waals surface area (Å²) in [5.41, 5.74) is 2.52. The molecule has 0 aliphatic carbocycles. The van der Waals surface area contributed by atoms with Gasteiger partial charge in [-0.05, 0) is 6.66 Å². The van der Waals surface area contributed by atoms with Gasteiger partial charge in [0, 0.05) is 46.3 Å². The molecule has 3 aromatic heterocycles. The quantitative estimate of drug-likeness (QED) is 0.385. The summed E-state index contributed by atoms with van der Waals surface area (Å²) in [7, 11) is 4.82. The van der Waals surface area contributed by atoms with E-state index in [9.17, 15) is 8.78 Å². The second-order valence-electron chi connectivity index (χ2n) is 6.84. The Labute approximate surface area is 184 Å². The lowest BCUT2D eigenvalue weighted by Gasteiger charge is -2.16. The van der Waals surface area contributed by atoms with Crippen molar-refractivity contribution < 1.29 is 18.3 Å². The van der Waals surface area contributed by atoms with Crippen LogP contribution in [0.25, 0.3) is 11.0 Å².